The monoisotopic (exact) mass is 294 g/mol. The second-order valence-corrected chi connectivity index (χ2v) is 6.60. The van der Waals surface area contributed by atoms with Crippen LogP contribution in [0.2, 0.25) is 0 Å². The Balaban J connectivity index is 1.98. The van der Waals surface area contributed by atoms with E-state index in [4.69, 9.17) is 0 Å². The average molecular weight is 294 g/mol. The number of hydrogen-bond donors (Lipinski definition) is 0. The Labute approximate surface area is 123 Å². The molecule has 0 N–H and O–H groups in total. The Kier molecular flexibility index (Phi) is 3.48. The van der Waals surface area contributed by atoms with Crippen LogP contribution in [-0.4, -0.2) is 29.0 Å². The predicted molar refractivity (Wildman–Crippen MR) is 75.2 cm³/mol. The van der Waals surface area contributed by atoms with Crippen molar-refractivity contribution in [3.63, 3.8) is 0 Å². The Morgan fingerprint density at radius 3 is 2.48 bits per heavy atom. The lowest BCUT2D eigenvalue weighted by Gasteiger charge is -2.34. The third-order valence-electron chi connectivity index (χ3n) is 4.54. The van der Waals surface area contributed by atoms with Crippen LogP contribution >= 0.6 is 0 Å². The standard InChI is InChI=1S/C16H20F2N2O/c1-16(2)5-3-6-19-7-4-14(20(19)15(16)21)11-8-12(17)10-13(18)9-11/h8-10,14H,3-7H2,1-2H3/t14-/m1/s1. The second kappa shape index (κ2) is 5.05. The van der Waals surface area contributed by atoms with Gasteiger partial charge in [-0.1, -0.05) is 13.8 Å². The van der Waals surface area contributed by atoms with Gasteiger partial charge < -0.3 is 0 Å². The van der Waals surface area contributed by atoms with Crippen molar-refractivity contribution in [2.75, 3.05) is 13.1 Å². The van der Waals surface area contributed by atoms with E-state index in [9.17, 15) is 13.6 Å². The van der Waals surface area contributed by atoms with Crippen LogP contribution in [0, 0.1) is 17.0 Å². The summed E-state index contributed by atoms with van der Waals surface area (Å²) in [6, 6.07) is 3.27. The Morgan fingerprint density at radius 2 is 1.81 bits per heavy atom. The summed E-state index contributed by atoms with van der Waals surface area (Å²) in [5.74, 6) is -1.14. The van der Waals surface area contributed by atoms with Gasteiger partial charge in [-0.2, -0.15) is 0 Å². The zero-order chi connectivity index (χ0) is 15.2. The number of amides is 1. The van der Waals surface area contributed by atoms with Crippen LogP contribution in [-0.2, 0) is 4.79 Å². The molecule has 1 aromatic carbocycles. The van der Waals surface area contributed by atoms with Crippen molar-refractivity contribution >= 4 is 5.91 Å². The molecule has 3 rings (SSSR count). The molecule has 0 aliphatic carbocycles. The molecule has 0 aromatic heterocycles. The fourth-order valence-electron chi connectivity index (χ4n) is 3.38. The van der Waals surface area contributed by atoms with Crippen molar-refractivity contribution < 1.29 is 13.6 Å². The average Bonchev–Trinajstić information content (AvgIpc) is 2.75. The van der Waals surface area contributed by atoms with Gasteiger partial charge in [0, 0.05) is 24.6 Å². The summed E-state index contributed by atoms with van der Waals surface area (Å²) in [7, 11) is 0. The van der Waals surface area contributed by atoms with Gasteiger partial charge in [0.15, 0.2) is 0 Å². The molecule has 0 saturated carbocycles. The zero-order valence-electron chi connectivity index (χ0n) is 12.4. The molecule has 0 bridgehead atoms. The molecule has 0 unspecified atom stereocenters. The molecule has 2 aliphatic rings. The molecular weight excluding hydrogens is 274 g/mol. The topological polar surface area (TPSA) is 23.6 Å². The second-order valence-electron chi connectivity index (χ2n) is 6.60. The lowest BCUT2D eigenvalue weighted by Crippen LogP contribution is -2.46. The third-order valence-corrected chi connectivity index (χ3v) is 4.54. The van der Waals surface area contributed by atoms with Crippen molar-refractivity contribution in [1.29, 1.82) is 0 Å². The number of carbonyl (C=O) groups is 1. The molecule has 2 saturated heterocycles. The van der Waals surface area contributed by atoms with Crippen LogP contribution in [0.5, 0.6) is 0 Å². The van der Waals surface area contributed by atoms with Crippen molar-refractivity contribution in [1.82, 2.24) is 10.0 Å². The lowest BCUT2D eigenvalue weighted by atomic mass is 9.86. The first kappa shape index (κ1) is 14.4. The van der Waals surface area contributed by atoms with E-state index in [2.05, 4.69) is 0 Å². The van der Waals surface area contributed by atoms with E-state index in [1.807, 2.05) is 18.9 Å². The third kappa shape index (κ3) is 2.55. The van der Waals surface area contributed by atoms with E-state index in [-0.39, 0.29) is 11.9 Å². The summed E-state index contributed by atoms with van der Waals surface area (Å²) >= 11 is 0. The fraction of sp³-hybridized carbons (Fsp3) is 0.562. The van der Waals surface area contributed by atoms with E-state index in [0.29, 0.717) is 12.0 Å². The van der Waals surface area contributed by atoms with E-state index in [1.165, 1.54) is 12.1 Å². The van der Waals surface area contributed by atoms with E-state index in [1.54, 1.807) is 5.01 Å². The smallest absolute Gasteiger partial charge is 0.243 e. The summed E-state index contributed by atoms with van der Waals surface area (Å²) in [6.45, 7) is 5.47. The highest BCUT2D eigenvalue weighted by molar-refractivity contribution is 5.82. The SMILES string of the molecule is CC1(C)CCCN2CC[C@H](c3cc(F)cc(F)c3)N2C1=O. The highest BCUT2D eigenvalue weighted by atomic mass is 19.1. The predicted octanol–water partition coefficient (Wildman–Crippen LogP) is 3.28. The van der Waals surface area contributed by atoms with Crippen molar-refractivity contribution in [2.24, 2.45) is 5.41 Å². The van der Waals surface area contributed by atoms with Crippen LogP contribution < -0.4 is 0 Å². The minimum absolute atomic E-state index is 0.0483. The summed E-state index contributed by atoms with van der Waals surface area (Å²) in [6.07, 6.45) is 2.51. The van der Waals surface area contributed by atoms with Crippen LogP contribution in [0.1, 0.15) is 44.7 Å². The summed E-state index contributed by atoms with van der Waals surface area (Å²) in [4.78, 5) is 12.8. The highest BCUT2D eigenvalue weighted by Crippen LogP contribution is 2.40. The molecule has 1 aromatic rings. The van der Waals surface area contributed by atoms with Gasteiger partial charge in [-0.05, 0) is 37.0 Å². The molecule has 2 fully saturated rings. The number of benzene rings is 1. The van der Waals surface area contributed by atoms with Crippen molar-refractivity contribution in [3.8, 4) is 0 Å². The first-order valence-corrected chi connectivity index (χ1v) is 7.43. The van der Waals surface area contributed by atoms with Gasteiger partial charge in [-0.25, -0.2) is 13.8 Å². The molecule has 2 aliphatic heterocycles. The summed E-state index contributed by atoms with van der Waals surface area (Å²) in [5, 5.41) is 3.77. The van der Waals surface area contributed by atoms with Gasteiger partial charge in [-0.3, -0.25) is 9.80 Å². The minimum atomic E-state index is -0.593. The fourth-order valence-corrected chi connectivity index (χ4v) is 3.38. The van der Waals surface area contributed by atoms with Gasteiger partial charge >= 0.3 is 0 Å². The first-order valence-electron chi connectivity index (χ1n) is 7.43. The molecule has 0 radical (unpaired) electrons. The Hall–Kier alpha value is -1.49. The Bertz CT molecular complexity index is 553. The van der Waals surface area contributed by atoms with E-state index >= 15 is 0 Å². The van der Waals surface area contributed by atoms with Gasteiger partial charge in [0.2, 0.25) is 5.91 Å². The highest BCUT2D eigenvalue weighted by Gasteiger charge is 2.44. The van der Waals surface area contributed by atoms with Crippen molar-refractivity contribution in [3.05, 3.63) is 35.4 Å². The first-order chi connectivity index (χ1) is 9.88. The number of rotatable bonds is 1. The maximum atomic E-state index is 13.5. The minimum Gasteiger partial charge on any atom is -0.273 e. The number of hydrogen-bond acceptors (Lipinski definition) is 2. The molecule has 1 atom stereocenters. The molecule has 114 valence electrons. The molecule has 3 nitrogen and oxygen atoms in total. The maximum absolute atomic E-state index is 13.5. The number of nitrogens with zero attached hydrogens (tertiary/aromatic N) is 2. The van der Waals surface area contributed by atoms with E-state index in [0.717, 1.165) is 32.0 Å². The molecule has 5 heteroatoms. The largest absolute Gasteiger partial charge is 0.273 e. The number of halogens is 2. The maximum Gasteiger partial charge on any atom is 0.243 e. The molecule has 0 spiro atoms. The normalized spacial score (nSPS) is 25.8. The molecule has 1 amide bonds. The van der Waals surface area contributed by atoms with Crippen LogP contribution in [0.4, 0.5) is 8.78 Å². The van der Waals surface area contributed by atoms with Crippen molar-refractivity contribution in [2.45, 2.75) is 39.2 Å². The van der Waals surface area contributed by atoms with Crippen LogP contribution in [0.3, 0.4) is 0 Å². The lowest BCUT2D eigenvalue weighted by molar-refractivity contribution is -0.154. The van der Waals surface area contributed by atoms with Gasteiger partial charge in [0.1, 0.15) is 11.6 Å². The number of hydrazine groups is 1. The molecule has 2 heterocycles. The Morgan fingerprint density at radius 1 is 1.14 bits per heavy atom. The van der Waals surface area contributed by atoms with Gasteiger partial charge in [0.05, 0.1) is 6.04 Å². The quantitative estimate of drug-likeness (QED) is 0.793. The number of carbonyl (C=O) groups excluding carboxylic acids is 1. The zero-order valence-corrected chi connectivity index (χ0v) is 12.4. The summed E-state index contributed by atoms with van der Waals surface area (Å²) in [5.41, 5.74) is 0.115. The number of fused-ring (bicyclic) bond motifs is 1. The summed E-state index contributed by atoms with van der Waals surface area (Å²) < 4.78 is 27.0. The van der Waals surface area contributed by atoms with E-state index < -0.39 is 17.0 Å². The molecule has 21 heavy (non-hydrogen) atoms. The van der Waals surface area contributed by atoms with Gasteiger partial charge in [0.25, 0.3) is 0 Å². The van der Waals surface area contributed by atoms with Crippen LogP contribution in [0.25, 0.3) is 0 Å². The van der Waals surface area contributed by atoms with Crippen LogP contribution in [0.15, 0.2) is 18.2 Å². The molecular formula is C16H20F2N2O. The van der Waals surface area contributed by atoms with Gasteiger partial charge in [-0.15, -0.1) is 0 Å².